The molecule has 0 saturated carbocycles. The van der Waals surface area contributed by atoms with Crippen molar-refractivity contribution in [1.82, 2.24) is 15.1 Å². The zero-order valence-corrected chi connectivity index (χ0v) is 16.9. The first-order chi connectivity index (χ1) is 13.7. The van der Waals surface area contributed by atoms with E-state index in [0.717, 1.165) is 38.5 Å². The molecular weight excluding hydrogens is 350 g/mol. The third kappa shape index (κ3) is 5.81. The minimum Gasteiger partial charge on any atom is -0.484 e. The number of carbonyl (C=O) groups excluding carboxylic acids is 1. The number of hydrogen-bond acceptors (Lipinski definition) is 4. The lowest BCUT2D eigenvalue weighted by molar-refractivity contribution is -0.123. The molecule has 150 valence electrons. The summed E-state index contributed by atoms with van der Waals surface area (Å²) in [6.45, 7) is 10.1. The molecular formula is C23H31N3O2. The van der Waals surface area contributed by atoms with Crippen molar-refractivity contribution in [2.75, 3.05) is 45.9 Å². The molecule has 1 unspecified atom stereocenters. The third-order valence-corrected chi connectivity index (χ3v) is 5.36. The molecule has 1 fully saturated rings. The van der Waals surface area contributed by atoms with E-state index < -0.39 is 0 Å². The van der Waals surface area contributed by atoms with E-state index in [0.29, 0.717) is 6.54 Å². The van der Waals surface area contributed by atoms with Gasteiger partial charge >= 0.3 is 0 Å². The van der Waals surface area contributed by atoms with Crippen molar-refractivity contribution in [2.45, 2.75) is 19.9 Å². The third-order valence-electron chi connectivity index (χ3n) is 5.36. The van der Waals surface area contributed by atoms with Crippen LogP contribution in [0, 0.1) is 6.92 Å². The van der Waals surface area contributed by atoms with Crippen LogP contribution in [-0.2, 0) is 4.79 Å². The molecule has 5 heteroatoms. The van der Waals surface area contributed by atoms with Crippen molar-refractivity contribution in [1.29, 1.82) is 0 Å². The first-order valence-corrected chi connectivity index (χ1v) is 10.1. The SMILES string of the molecule is CCN1CCN(C(CNC(=O)COc2ccc(C)cc2)c2ccccc2)CC1. The van der Waals surface area contributed by atoms with Gasteiger partial charge in [-0.3, -0.25) is 9.69 Å². The fourth-order valence-electron chi connectivity index (χ4n) is 3.57. The number of hydrogen-bond donors (Lipinski definition) is 1. The molecule has 1 atom stereocenters. The Kier molecular flexibility index (Phi) is 7.46. The van der Waals surface area contributed by atoms with E-state index in [2.05, 4.69) is 46.3 Å². The highest BCUT2D eigenvalue weighted by Crippen LogP contribution is 2.21. The van der Waals surface area contributed by atoms with Crippen molar-refractivity contribution in [3.8, 4) is 5.75 Å². The number of benzene rings is 2. The van der Waals surface area contributed by atoms with Crippen molar-refractivity contribution in [2.24, 2.45) is 0 Å². The summed E-state index contributed by atoms with van der Waals surface area (Å²) in [4.78, 5) is 17.3. The van der Waals surface area contributed by atoms with Crippen LogP contribution in [0.2, 0.25) is 0 Å². The summed E-state index contributed by atoms with van der Waals surface area (Å²) in [6.07, 6.45) is 0. The molecule has 0 aliphatic carbocycles. The summed E-state index contributed by atoms with van der Waals surface area (Å²) in [5.74, 6) is 0.629. The average Bonchev–Trinajstić information content (AvgIpc) is 2.74. The lowest BCUT2D eigenvalue weighted by Gasteiger charge is -2.39. The van der Waals surface area contributed by atoms with E-state index in [-0.39, 0.29) is 18.6 Å². The smallest absolute Gasteiger partial charge is 0.258 e. The van der Waals surface area contributed by atoms with Crippen LogP contribution < -0.4 is 10.1 Å². The second kappa shape index (κ2) is 10.2. The Bertz CT molecular complexity index is 725. The predicted molar refractivity (Wildman–Crippen MR) is 113 cm³/mol. The number of nitrogens with one attached hydrogen (secondary N) is 1. The zero-order chi connectivity index (χ0) is 19.8. The van der Waals surface area contributed by atoms with Gasteiger partial charge in [-0.25, -0.2) is 0 Å². The Morgan fingerprint density at radius 3 is 2.36 bits per heavy atom. The molecule has 1 saturated heterocycles. The number of aryl methyl sites for hydroxylation is 1. The fraction of sp³-hybridized carbons (Fsp3) is 0.435. The van der Waals surface area contributed by atoms with Gasteiger partial charge in [-0.05, 0) is 31.2 Å². The van der Waals surface area contributed by atoms with Gasteiger partial charge in [0.2, 0.25) is 0 Å². The first kappa shape index (κ1) is 20.4. The highest BCUT2D eigenvalue weighted by atomic mass is 16.5. The maximum Gasteiger partial charge on any atom is 0.258 e. The fourth-order valence-corrected chi connectivity index (χ4v) is 3.57. The van der Waals surface area contributed by atoms with E-state index in [1.807, 2.05) is 37.3 Å². The average molecular weight is 382 g/mol. The van der Waals surface area contributed by atoms with Crippen molar-refractivity contribution in [3.05, 3.63) is 65.7 Å². The molecule has 1 aliphatic rings. The number of ether oxygens (including phenoxy) is 1. The number of amides is 1. The quantitative estimate of drug-likeness (QED) is 0.764. The Hall–Kier alpha value is -2.37. The van der Waals surface area contributed by atoms with Gasteiger partial charge in [0.25, 0.3) is 5.91 Å². The van der Waals surface area contributed by atoms with Gasteiger partial charge in [0.1, 0.15) is 5.75 Å². The Morgan fingerprint density at radius 1 is 1.04 bits per heavy atom. The molecule has 1 heterocycles. The minimum absolute atomic E-state index is 0.0359. The first-order valence-electron chi connectivity index (χ1n) is 10.1. The number of carbonyl (C=O) groups is 1. The van der Waals surface area contributed by atoms with E-state index in [9.17, 15) is 4.79 Å². The largest absolute Gasteiger partial charge is 0.484 e. The monoisotopic (exact) mass is 381 g/mol. The summed E-state index contributed by atoms with van der Waals surface area (Å²) in [6, 6.07) is 18.4. The molecule has 0 radical (unpaired) electrons. The van der Waals surface area contributed by atoms with Gasteiger partial charge < -0.3 is 15.0 Å². The molecule has 3 rings (SSSR count). The summed E-state index contributed by atoms with van der Waals surface area (Å²) in [5, 5.41) is 3.07. The molecule has 28 heavy (non-hydrogen) atoms. The summed E-state index contributed by atoms with van der Waals surface area (Å²) >= 11 is 0. The summed E-state index contributed by atoms with van der Waals surface area (Å²) in [5.41, 5.74) is 2.41. The van der Waals surface area contributed by atoms with Crippen LogP contribution >= 0.6 is 0 Å². The van der Waals surface area contributed by atoms with Crippen LogP contribution in [-0.4, -0.2) is 61.6 Å². The highest BCUT2D eigenvalue weighted by molar-refractivity contribution is 5.77. The van der Waals surface area contributed by atoms with Gasteiger partial charge in [-0.2, -0.15) is 0 Å². The second-order valence-corrected chi connectivity index (χ2v) is 7.30. The summed E-state index contributed by atoms with van der Waals surface area (Å²) < 4.78 is 5.60. The Balaban J connectivity index is 1.55. The highest BCUT2D eigenvalue weighted by Gasteiger charge is 2.24. The van der Waals surface area contributed by atoms with Gasteiger partial charge in [0.05, 0.1) is 6.04 Å². The van der Waals surface area contributed by atoms with E-state index in [1.54, 1.807) is 0 Å². The maximum atomic E-state index is 12.3. The number of likely N-dealkylation sites (N-methyl/N-ethyl adjacent to an activating group) is 1. The number of nitrogens with zero attached hydrogens (tertiary/aromatic N) is 2. The summed E-state index contributed by atoms with van der Waals surface area (Å²) in [7, 11) is 0. The maximum absolute atomic E-state index is 12.3. The van der Waals surface area contributed by atoms with E-state index in [4.69, 9.17) is 4.74 Å². The minimum atomic E-state index is -0.0892. The van der Waals surface area contributed by atoms with Crippen molar-refractivity contribution < 1.29 is 9.53 Å². The Morgan fingerprint density at radius 2 is 1.71 bits per heavy atom. The van der Waals surface area contributed by atoms with Crippen LogP contribution in [0.4, 0.5) is 0 Å². The molecule has 0 aromatic heterocycles. The zero-order valence-electron chi connectivity index (χ0n) is 16.9. The van der Waals surface area contributed by atoms with Crippen molar-refractivity contribution in [3.63, 3.8) is 0 Å². The van der Waals surface area contributed by atoms with Gasteiger partial charge in [0, 0.05) is 32.7 Å². The van der Waals surface area contributed by atoms with E-state index in [1.165, 1.54) is 11.1 Å². The Labute approximate surface area is 168 Å². The van der Waals surface area contributed by atoms with Crippen LogP contribution in [0.15, 0.2) is 54.6 Å². The van der Waals surface area contributed by atoms with Gasteiger partial charge in [0.15, 0.2) is 6.61 Å². The molecule has 5 nitrogen and oxygen atoms in total. The predicted octanol–water partition coefficient (Wildman–Crippen LogP) is 2.87. The lowest BCUT2D eigenvalue weighted by atomic mass is 10.0. The van der Waals surface area contributed by atoms with Crippen LogP contribution in [0.25, 0.3) is 0 Å². The van der Waals surface area contributed by atoms with Crippen molar-refractivity contribution >= 4 is 5.91 Å². The van der Waals surface area contributed by atoms with Gasteiger partial charge in [-0.15, -0.1) is 0 Å². The standard InChI is InChI=1S/C23H31N3O2/c1-3-25-13-15-26(16-14-25)22(20-7-5-4-6-8-20)17-24-23(27)18-28-21-11-9-19(2)10-12-21/h4-12,22H,3,13-18H2,1-2H3,(H,24,27). The molecule has 1 N–H and O–H groups in total. The lowest BCUT2D eigenvalue weighted by Crippen LogP contribution is -2.49. The second-order valence-electron chi connectivity index (χ2n) is 7.30. The molecule has 0 spiro atoms. The molecule has 1 amide bonds. The number of rotatable bonds is 8. The van der Waals surface area contributed by atoms with Crippen LogP contribution in [0.1, 0.15) is 24.1 Å². The molecule has 2 aromatic carbocycles. The van der Waals surface area contributed by atoms with Crippen LogP contribution in [0.5, 0.6) is 5.75 Å². The normalized spacial score (nSPS) is 16.5. The topological polar surface area (TPSA) is 44.8 Å². The molecule has 0 bridgehead atoms. The van der Waals surface area contributed by atoms with Crippen LogP contribution in [0.3, 0.4) is 0 Å². The molecule has 2 aromatic rings. The number of piperazine rings is 1. The van der Waals surface area contributed by atoms with Gasteiger partial charge in [-0.1, -0.05) is 55.0 Å². The molecule has 1 aliphatic heterocycles. The van der Waals surface area contributed by atoms with E-state index >= 15 is 0 Å².